The summed E-state index contributed by atoms with van der Waals surface area (Å²) >= 11 is 0. The Labute approximate surface area is 183 Å². The first-order valence-electron chi connectivity index (χ1n) is 11.1. The van der Waals surface area contributed by atoms with E-state index in [2.05, 4.69) is 23.9 Å². The fourth-order valence-electron chi connectivity index (χ4n) is 3.51. The van der Waals surface area contributed by atoms with E-state index in [1.165, 1.54) is 19.3 Å². The van der Waals surface area contributed by atoms with Gasteiger partial charge in [0.2, 0.25) is 0 Å². The molecule has 0 amide bonds. The second-order valence-electron chi connectivity index (χ2n) is 7.67. The summed E-state index contributed by atoms with van der Waals surface area (Å²) in [6, 6.07) is 15.5. The van der Waals surface area contributed by atoms with Crippen molar-refractivity contribution in [2.75, 3.05) is 6.61 Å². The van der Waals surface area contributed by atoms with Crippen LogP contribution in [0.3, 0.4) is 0 Å². The molecule has 1 N–H and O–H groups in total. The molecule has 31 heavy (non-hydrogen) atoms. The highest BCUT2D eigenvalue weighted by molar-refractivity contribution is 5.95. The third-order valence-electron chi connectivity index (χ3n) is 5.17. The van der Waals surface area contributed by atoms with Gasteiger partial charge in [0.05, 0.1) is 12.2 Å². The normalized spacial score (nSPS) is 10.9. The van der Waals surface area contributed by atoms with Gasteiger partial charge in [-0.1, -0.05) is 75.6 Å². The fourth-order valence-corrected chi connectivity index (χ4v) is 3.51. The number of unbranched alkanes of at least 4 members (excludes halogenated alkanes) is 3. The van der Waals surface area contributed by atoms with Crippen LogP contribution >= 0.6 is 0 Å². The van der Waals surface area contributed by atoms with Gasteiger partial charge >= 0.3 is 12.0 Å². The molecule has 0 aliphatic carbocycles. The van der Waals surface area contributed by atoms with E-state index in [0.717, 1.165) is 41.9 Å². The zero-order valence-electron chi connectivity index (χ0n) is 18.4. The minimum absolute atomic E-state index is 0.305. The molecule has 6 nitrogen and oxygen atoms in total. The average Bonchev–Trinajstić information content (AvgIpc) is 3.17. The van der Waals surface area contributed by atoms with Crippen molar-refractivity contribution in [2.45, 2.75) is 58.9 Å². The number of carboxylic acid groups (broad SMARTS) is 1. The monoisotopic (exact) mass is 421 g/mol. The topological polar surface area (TPSA) is 77.2 Å². The van der Waals surface area contributed by atoms with E-state index >= 15 is 0 Å². The first-order chi connectivity index (χ1) is 15.1. The predicted octanol–water partition coefficient (Wildman–Crippen LogP) is 5.60. The summed E-state index contributed by atoms with van der Waals surface area (Å²) in [4.78, 5) is 16.1. The van der Waals surface area contributed by atoms with E-state index < -0.39 is 5.97 Å². The maximum atomic E-state index is 11.5. The van der Waals surface area contributed by atoms with Crippen molar-refractivity contribution in [3.8, 4) is 17.1 Å². The molecule has 1 heterocycles. The number of nitrogens with zero attached hydrogens (tertiary/aromatic N) is 3. The van der Waals surface area contributed by atoms with Gasteiger partial charge in [0.1, 0.15) is 5.82 Å². The second-order valence-corrected chi connectivity index (χ2v) is 7.67. The van der Waals surface area contributed by atoms with Crippen LogP contribution in [0.15, 0.2) is 48.5 Å². The Balaban J connectivity index is 1.77. The summed E-state index contributed by atoms with van der Waals surface area (Å²) in [5.41, 5.74) is 3.01. The van der Waals surface area contributed by atoms with E-state index in [0.29, 0.717) is 24.6 Å². The lowest BCUT2D eigenvalue weighted by molar-refractivity contribution is 0.0697. The molecule has 0 fully saturated rings. The quantitative estimate of drug-likeness (QED) is 0.385. The smallest absolute Gasteiger partial charge is 0.336 e. The second kappa shape index (κ2) is 11.3. The molecule has 2 aromatic carbocycles. The number of aromatic nitrogens is 3. The summed E-state index contributed by atoms with van der Waals surface area (Å²) < 4.78 is 7.62. The van der Waals surface area contributed by atoms with Gasteiger partial charge in [-0.25, -0.2) is 9.48 Å². The Bertz CT molecular complexity index is 980. The third kappa shape index (κ3) is 6.17. The summed E-state index contributed by atoms with van der Waals surface area (Å²) in [6.45, 7) is 5.71. The lowest BCUT2D eigenvalue weighted by Crippen LogP contribution is -2.07. The third-order valence-corrected chi connectivity index (χ3v) is 5.17. The summed E-state index contributed by atoms with van der Waals surface area (Å²) in [6.07, 6.45) is 6.24. The molecule has 0 atom stereocenters. The number of carbonyl (C=O) groups is 1. The highest BCUT2D eigenvalue weighted by Gasteiger charge is 2.13. The van der Waals surface area contributed by atoms with Gasteiger partial charge < -0.3 is 9.84 Å². The molecule has 3 rings (SSSR count). The number of aryl methyl sites for hydroxylation is 1. The Morgan fingerprint density at radius 2 is 1.77 bits per heavy atom. The first-order valence-corrected chi connectivity index (χ1v) is 11.1. The zero-order valence-corrected chi connectivity index (χ0v) is 18.4. The van der Waals surface area contributed by atoms with E-state index in [1.807, 2.05) is 41.1 Å². The van der Waals surface area contributed by atoms with Crippen molar-refractivity contribution in [3.05, 3.63) is 65.5 Å². The number of carboxylic acids is 1. The van der Waals surface area contributed by atoms with E-state index in [9.17, 15) is 9.90 Å². The molecule has 0 aliphatic heterocycles. The average molecular weight is 422 g/mol. The van der Waals surface area contributed by atoms with Crippen LogP contribution in [0, 0.1) is 0 Å². The molecule has 3 aromatic rings. The number of rotatable bonds is 12. The molecule has 0 saturated carbocycles. The van der Waals surface area contributed by atoms with Crippen LogP contribution in [-0.2, 0) is 13.0 Å². The van der Waals surface area contributed by atoms with E-state index in [1.54, 1.807) is 12.1 Å². The van der Waals surface area contributed by atoms with Gasteiger partial charge in [-0.3, -0.25) is 0 Å². The minimum Gasteiger partial charge on any atom is -0.478 e. The van der Waals surface area contributed by atoms with E-state index in [-0.39, 0.29) is 0 Å². The van der Waals surface area contributed by atoms with Gasteiger partial charge in [-0.05, 0) is 35.6 Å². The fraction of sp³-hybridized carbons (Fsp3) is 0.400. The van der Waals surface area contributed by atoms with Crippen molar-refractivity contribution >= 4 is 5.97 Å². The zero-order chi connectivity index (χ0) is 22.1. The van der Waals surface area contributed by atoms with Crippen LogP contribution in [0.1, 0.15) is 67.7 Å². The molecule has 164 valence electrons. The standard InChI is InChI=1S/C25H31N3O3/c1-3-5-6-9-16-28-23(26-25(27-28)31-17-4-2)18-19-12-14-20(15-13-19)21-10-7-8-11-22(21)24(29)30/h7-8,10-15H,3-6,9,16-18H2,1-2H3,(H,29,30). The molecule has 0 bridgehead atoms. The number of hydrogen-bond acceptors (Lipinski definition) is 4. The molecular formula is C25H31N3O3. The van der Waals surface area contributed by atoms with Crippen LogP contribution in [0.25, 0.3) is 11.1 Å². The van der Waals surface area contributed by atoms with Crippen LogP contribution in [0.5, 0.6) is 6.01 Å². The van der Waals surface area contributed by atoms with Gasteiger partial charge in [-0.2, -0.15) is 4.98 Å². The molecule has 0 spiro atoms. The molecule has 1 aromatic heterocycles. The molecule has 0 unspecified atom stereocenters. The van der Waals surface area contributed by atoms with Gasteiger partial charge in [-0.15, -0.1) is 5.10 Å². The lowest BCUT2D eigenvalue weighted by Gasteiger charge is -2.08. The largest absolute Gasteiger partial charge is 0.478 e. The Kier molecular flexibility index (Phi) is 8.21. The molecule has 0 aliphatic rings. The van der Waals surface area contributed by atoms with Crippen LogP contribution in [-0.4, -0.2) is 32.4 Å². The van der Waals surface area contributed by atoms with Crippen LogP contribution in [0.2, 0.25) is 0 Å². The van der Waals surface area contributed by atoms with Crippen molar-refractivity contribution in [1.82, 2.24) is 14.8 Å². The first kappa shape index (κ1) is 22.5. The maximum absolute atomic E-state index is 11.5. The minimum atomic E-state index is -0.921. The van der Waals surface area contributed by atoms with Crippen LogP contribution in [0.4, 0.5) is 0 Å². The maximum Gasteiger partial charge on any atom is 0.336 e. The van der Waals surface area contributed by atoms with Crippen LogP contribution < -0.4 is 4.74 Å². The summed E-state index contributed by atoms with van der Waals surface area (Å²) in [5, 5.41) is 14.0. The number of aromatic carboxylic acids is 1. The highest BCUT2D eigenvalue weighted by Crippen LogP contribution is 2.25. The summed E-state index contributed by atoms with van der Waals surface area (Å²) in [7, 11) is 0. The Morgan fingerprint density at radius 1 is 1.00 bits per heavy atom. The van der Waals surface area contributed by atoms with Crippen molar-refractivity contribution in [1.29, 1.82) is 0 Å². The van der Waals surface area contributed by atoms with Gasteiger partial charge in [0.25, 0.3) is 0 Å². The van der Waals surface area contributed by atoms with Gasteiger partial charge in [0, 0.05) is 13.0 Å². The Hall–Kier alpha value is -3.15. The number of hydrogen-bond donors (Lipinski definition) is 1. The SMILES string of the molecule is CCCCCCn1nc(OCCC)nc1Cc1ccc(-c2ccccc2C(=O)O)cc1. The van der Waals surface area contributed by atoms with E-state index in [4.69, 9.17) is 4.74 Å². The van der Waals surface area contributed by atoms with Crippen molar-refractivity contribution < 1.29 is 14.6 Å². The Morgan fingerprint density at radius 3 is 2.48 bits per heavy atom. The highest BCUT2D eigenvalue weighted by atomic mass is 16.5. The lowest BCUT2D eigenvalue weighted by atomic mass is 9.98. The predicted molar refractivity (Wildman–Crippen MR) is 122 cm³/mol. The number of benzene rings is 2. The molecule has 0 saturated heterocycles. The molecule has 6 heteroatoms. The molecule has 0 radical (unpaired) electrons. The van der Waals surface area contributed by atoms with Crippen molar-refractivity contribution in [3.63, 3.8) is 0 Å². The summed E-state index contributed by atoms with van der Waals surface area (Å²) in [5.74, 6) is -0.0308. The molecular weight excluding hydrogens is 390 g/mol. The van der Waals surface area contributed by atoms with Gasteiger partial charge in [0.15, 0.2) is 0 Å². The van der Waals surface area contributed by atoms with Crippen molar-refractivity contribution in [2.24, 2.45) is 0 Å². The number of ether oxygens (including phenoxy) is 1.